The van der Waals surface area contributed by atoms with Gasteiger partial charge < -0.3 is 4.42 Å². The number of hydrogen-bond acceptors (Lipinski definition) is 4. The number of rotatable bonds is 2. The second-order valence-corrected chi connectivity index (χ2v) is 14.5. The quantitative estimate of drug-likeness (QED) is 0.181. The van der Waals surface area contributed by atoms with Crippen LogP contribution in [0.2, 0.25) is 0 Å². The van der Waals surface area contributed by atoms with Crippen LogP contribution in [0, 0.1) is 0 Å². The normalized spacial score (nSPS) is 13.0. The monoisotopic (exact) mass is 695 g/mol. The molecule has 0 saturated carbocycles. The highest BCUT2D eigenvalue weighted by Gasteiger charge is 2.20. The minimum atomic E-state index is 0.851. The highest BCUT2D eigenvalue weighted by atomic mass is 32.2. The molecule has 0 N–H and O–H groups in total. The standard InChI is InChI=1S/C48H29N3OS/c1-2-11-34-30(10-1)18-19-31-20-21-32(33-22-23-42-39(27-33)37-14-9-25-50-48(37)51(42)47-17-7-8-24-49-47)26-38(31)41-28-44-40(35-12-3-5-15-43(35)52-44)29-46(41)53-45-16-6-4-13-36(34)45/h1-29H/b19-18-. The smallest absolute Gasteiger partial charge is 0.146 e. The number of para-hydroxylation sites is 1. The number of fused-ring (bicyclic) bond motifs is 12. The van der Waals surface area contributed by atoms with E-state index in [-0.39, 0.29) is 0 Å². The molecular weight excluding hydrogens is 667 g/mol. The van der Waals surface area contributed by atoms with Crippen LogP contribution in [-0.2, 0) is 0 Å². The van der Waals surface area contributed by atoms with Gasteiger partial charge >= 0.3 is 0 Å². The lowest BCUT2D eigenvalue weighted by Crippen LogP contribution is -1.97. The molecule has 4 aromatic heterocycles. The lowest BCUT2D eigenvalue weighted by molar-refractivity contribution is 0.669. The fourth-order valence-electron chi connectivity index (χ4n) is 7.87. The Morgan fingerprint density at radius 3 is 2.13 bits per heavy atom. The molecule has 10 aromatic rings. The Hall–Kier alpha value is -6.69. The van der Waals surface area contributed by atoms with Crippen LogP contribution < -0.4 is 0 Å². The number of nitrogens with zero attached hydrogens (tertiary/aromatic N) is 3. The average Bonchev–Trinajstić information content (AvgIpc) is 3.74. The van der Waals surface area contributed by atoms with E-state index in [0.717, 1.165) is 77.5 Å². The molecule has 4 nitrogen and oxygen atoms in total. The summed E-state index contributed by atoms with van der Waals surface area (Å²) in [5.74, 6) is 0.851. The largest absolute Gasteiger partial charge is 0.456 e. The predicted octanol–water partition coefficient (Wildman–Crippen LogP) is 13.1. The second-order valence-electron chi connectivity index (χ2n) is 13.4. The van der Waals surface area contributed by atoms with E-state index < -0.39 is 0 Å². The second kappa shape index (κ2) is 11.9. The lowest BCUT2D eigenvalue weighted by Gasteiger charge is -2.16. The van der Waals surface area contributed by atoms with Gasteiger partial charge in [0.25, 0.3) is 0 Å². The van der Waals surface area contributed by atoms with Gasteiger partial charge in [-0.3, -0.25) is 4.57 Å². The zero-order valence-electron chi connectivity index (χ0n) is 28.4. The number of hydrogen-bond donors (Lipinski definition) is 0. The van der Waals surface area contributed by atoms with E-state index in [1.165, 1.54) is 26.5 Å². The van der Waals surface area contributed by atoms with Gasteiger partial charge in [0.1, 0.15) is 22.6 Å². The van der Waals surface area contributed by atoms with Crippen molar-refractivity contribution in [1.29, 1.82) is 0 Å². The molecule has 248 valence electrons. The molecule has 0 spiro atoms. The Labute approximate surface area is 309 Å². The van der Waals surface area contributed by atoms with Crippen molar-refractivity contribution in [2.75, 3.05) is 0 Å². The Kier molecular flexibility index (Phi) is 6.76. The Bertz CT molecular complexity index is 3100. The molecule has 5 heterocycles. The van der Waals surface area contributed by atoms with Crippen LogP contribution in [0.3, 0.4) is 0 Å². The van der Waals surface area contributed by atoms with Crippen molar-refractivity contribution >= 4 is 67.8 Å². The van der Waals surface area contributed by atoms with Gasteiger partial charge in [-0.15, -0.1) is 0 Å². The molecule has 1 aliphatic heterocycles. The Morgan fingerprint density at radius 1 is 0.453 bits per heavy atom. The molecule has 11 rings (SSSR count). The highest BCUT2D eigenvalue weighted by molar-refractivity contribution is 7.99. The van der Waals surface area contributed by atoms with Crippen LogP contribution in [0.1, 0.15) is 11.1 Å². The fourth-order valence-corrected chi connectivity index (χ4v) is 9.00. The maximum atomic E-state index is 6.51. The summed E-state index contributed by atoms with van der Waals surface area (Å²) in [4.78, 5) is 11.9. The van der Waals surface area contributed by atoms with E-state index in [4.69, 9.17) is 9.40 Å². The third kappa shape index (κ3) is 4.85. The molecule has 0 amide bonds. The zero-order valence-corrected chi connectivity index (χ0v) is 29.2. The van der Waals surface area contributed by atoms with Crippen LogP contribution in [-0.4, -0.2) is 14.5 Å². The summed E-state index contributed by atoms with van der Waals surface area (Å²) in [6, 6.07) is 54.0. The van der Waals surface area contributed by atoms with Crippen molar-refractivity contribution < 1.29 is 4.42 Å². The molecule has 0 unspecified atom stereocenters. The predicted molar refractivity (Wildman–Crippen MR) is 219 cm³/mol. The molecule has 0 fully saturated rings. The first-order valence-corrected chi connectivity index (χ1v) is 18.5. The molecule has 0 radical (unpaired) electrons. The first-order valence-electron chi connectivity index (χ1n) is 17.7. The van der Waals surface area contributed by atoms with Crippen LogP contribution >= 0.6 is 11.8 Å². The van der Waals surface area contributed by atoms with Gasteiger partial charge in [-0.05, 0) is 111 Å². The molecule has 0 bridgehead atoms. The van der Waals surface area contributed by atoms with Gasteiger partial charge in [0.05, 0.1) is 5.52 Å². The Balaban J connectivity index is 1.16. The summed E-state index contributed by atoms with van der Waals surface area (Å²) < 4.78 is 8.66. The van der Waals surface area contributed by atoms with E-state index in [1.807, 2.05) is 54.5 Å². The summed E-state index contributed by atoms with van der Waals surface area (Å²) in [6.45, 7) is 0. The molecule has 5 heteroatoms. The van der Waals surface area contributed by atoms with Crippen LogP contribution in [0.15, 0.2) is 178 Å². The number of aromatic nitrogens is 3. The van der Waals surface area contributed by atoms with E-state index >= 15 is 0 Å². The van der Waals surface area contributed by atoms with E-state index in [0.29, 0.717) is 0 Å². The van der Waals surface area contributed by atoms with Gasteiger partial charge in [-0.1, -0.05) is 109 Å². The van der Waals surface area contributed by atoms with Crippen molar-refractivity contribution in [2.24, 2.45) is 0 Å². The highest BCUT2D eigenvalue weighted by Crippen LogP contribution is 2.47. The van der Waals surface area contributed by atoms with Crippen LogP contribution in [0.5, 0.6) is 0 Å². The molecule has 1 aliphatic rings. The third-order valence-corrected chi connectivity index (χ3v) is 11.5. The van der Waals surface area contributed by atoms with Crippen molar-refractivity contribution in [1.82, 2.24) is 14.5 Å². The van der Waals surface area contributed by atoms with E-state index in [9.17, 15) is 0 Å². The Morgan fingerprint density at radius 2 is 1.21 bits per heavy atom. The fraction of sp³-hybridized carbons (Fsp3) is 0. The number of benzene rings is 6. The summed E-state index contributed by atoms with van der Waals surface area (Å²) in [7, 11) is 0. The molecular formula is C48H29N3OS. The van der Waals surface area contributed by atoms with Crippen LogP contribution in [0.25, 0.3) is 95.2 Å². The average molecular weight is 696 g/mol. The van der Waals surface area contributed by atoms with Gasteiger partial charge in [-0.2, -0.15) is 0 Å². The van der Waals surface area contributed by atoms with Crippen molar-refractivity contribution in [3.8, 4) is 39.2 Å². The SMILES string of the molecule is C1=C\c2ccc(-c3ccc4c(c3)c3cccnc3n4-c3ccccn3)cc2-c2cc3oc4ccccc4c3cc2Sc2ccccc2-c2ccccc2/1. The summed E-state index contributed by atoms with van der Waals surface area (Å²) >= 11 is 1.82. The maximum Gasteiger partial charge on any atom is 0.146 e. The summed E-state index contributed by atoms with van der Waals surface area (Å²) in [5, 5.41) is 4.48. The molecule has 0 atom stereocenters. The lowest BCUT2D eigenvalue weighted by atomic mass is 9.92. The van der Waals surface area contributed by atoms with Gasteiger partial charge in [0.15, 0.2) is 0 Å². The minimum absolute atomic E-state index is 0.851. The van der Waals surface area contributed by atoms with Gasteiger partial charge in [-0.25, -0.2) is 9.97 Å². The summed E-state index contributed by atoms with van der Waals surface area (Å²) in [6.07, 6.45) is 8.20. The van der Waals surface area contributed by atoms with Crippen molar-refractivity contribution in [2.45, 2.75) is 9.79 Å². The molecule has 0 saturated heterocycles. The number of furan rings is 1. The molecule has 0 aliphatic carbocycles. The van der Waals surface area contributed by atoms with E-state index in [1.54, 1.807) is 0 Å². The van der Waals surface area contributed by atoms with Gasteiger partial charge in [0, 0.05) is 43.7 Å². The zero-order chi connectivity index (χ0) is 34.9. The topological polar surface area (TPSA) is 43.9 Å². The van der Waals surface area contributed by atoms with Gasteiger partial charge in [0.2, 0.25) is 0 Å². The maximum absolute atomic E-state index is 6.51. The first-order chi connectivity index (χ1) is 26.3. The number of pyridine rings is 2. The summed E-state index contributed by atoms with van der Waals surface area (Å²) in [5.41, 5.74) is 13.1. The first kappa shape index (κ1) is 30.0. The minimum Gasteiger partial charge on any atom is -0.456 e. The van der Waals surface area contributed by atoms with Crippen LogP contribution in [0.4, 0.5) is 0 Å². The third-order valence-electron chi connectivity index (χ3n) is 10.4. The van der Waals surface area contributed by atoms with E-state index in [2.05, 4.69) is 143 Å². The van der Waals surface area contributed by atoms with Crippen molar-refractivity contribution in [3.05, 3.63) is 175 Å². The molecule has 6 aromatic carbocycles. The van der Waals surface area contributed by atoms with Crippen molar-refractivity contribution in [3.63, 3.8) is 0 Å². The molecule has 53 heavy (non-hydrogen) atoms.